The Labute approximate surface area is 198 Å². The first-order valence-corrected chi connectivity index (χ1v) is 13.1. The van der Waals surface area contributed by atoms with E-state index in [0.717, 1.165) is 31.1 Å². The third-order valence-electron chi connectivity index (χ3n) is 11.2. The van der Waals surface area contributed by atoms with E-state index in [9.17, 15) is 9.90 Å². The molecular weight excluding hydrogens is 404 g/mol. The summed E-state index contributed by atoms with van der Waals surface area (Å²) in [5, 5.41) is 11.2. The second-order valence-electron chi connectivity index (χ2n) is 12.4. The maximum absolute atomic E-state index is 12.1. The van der Waals surface area contributed by atoms with Gasteiger partial charge in [-0.25, -0.2) is 0 Å². The average molecular weight is 443 g/mol. The van der Waals surface area contributed by atoms with Gasteiger partial charge in [0.15, 0.2) is 0 Å². The monoisotopic (exact) mass is 442 g/mol. The summed E-state index contributed by atoms with van der Waals surface area (Å²) in [6, 6.07) is 10.7. The Bertz CT molecular complexity index is 1060. The molecule has 0 aliphatic heterocycles. The van der Waals surface area contributed by atoms with Gasteiger partial charge in [0.2, 0.25) is 0 Å². The molecule has 3 fully saturated rings. The molecule has 2 nitrogen and oxygen atoms in total. The Morgan fingerprint density at radius 2 is 1.73 bits per heavy atom. The fourth-order valence-corrected chi connectivity index (χ4v) is 9.18. The molecule has 1 aromatic rings. The van der Waals surface area contributed by atoms with Crippen molar-refractivity contribution in [2.24, 2.45) is 34.5 Å². The summed E-state index contributed by atoms with van der Waals surface area (Å²) < 4.78 is 0. The molecule has 0 aromatic heterocycles. The van der Waals surface area contributed by atoms with Gasteiger partial charge in [0.05, 0.1) is 5.60 Å². The lowest BCUT2D eigenvalue weighted by atomic mass is 9.45. The molecule has 1 N–H and O–H groups in total. The number of aldehydes is 1. The van der Waals surface area contributed by atoms with Crippen molar-refractivity contribution in [1.82, 2.24) is 0 Å². The van der Waals surface area contributed by atoms with E-state index < -0.39 is 5.60 Å². The second-order valence-corrected chi connectivity index (χ2v) is 12.4. The molecule has 0 amide bonds. The quantitative estimate of drug-likeness (QED) is 0.513. The summed E-state index contributed by atoms with van der Waals surface area (Å²) in [5.74, 6) is 2.56. The van der Waals surface area contributed by atoms with Crippen LogP contribution in [0, 0.1) is 34.5 Å². The van der Waals surface area contributed by atoms with Crippen molar-refractivity contribution in [3.8, 4) is 0 Å². The van der Waals surface area contributed by atoms with Gasteiger partial charge in [-0.1, -0.05) is 68.0 Å². The number of aliphatic hydroxyl groups is 1. The van der Waals surface area contributed by atoms with E-state index in [-0.39, 0.29) is 16.7 Å². The lowest BCUT2D eigenvalue weighted by Crippen LogP contribution is -2.54. The average Bonchev–Trinajstić information content (AvgIpc) is 3.06. The zero-order chi connectivity index (χ0) is 23.0. The summed E-state index contributed by atoms with van der Waals surface area (Å²) >= 11 is 0. The molecule has 0 bridgehead atoms. The number of hydrogen-bond donors (Lipinski definition) is 1. The van der Waals surface area contributed by atoms with E-state index in [2.05, 4.69) is 69.3 Å². The minimum absolute atomic E-state index is 0.0658. The Morgan fingerprint density at radius 3 is 2.48 bits per heavy atom. The topological polar surface area (TPSA) is 37.3 Å². The molecule has 0 spiro atoms. The first kappa shape index (κ1) is 21.6. The predicted molar refractivity (Wildman–Crippen MR) is 133 cm³/mol. The molecule has 0 saturated heterocycles. The zero-order valence-electron chi connectivity index (χ0n) is 20.4. The predicted octanol–water partition coefficient (Wildman–Crippen LogP) is 6.78. The summed E-state index contributed by atoms with van der Waals surface area (Å²) in [6.07, 6.45) is 16.0. The van der Waals surface area contributed by atoms with Gasteiger partial charge in [0.25, 0.3) is 0 Å². The molecule has 8 atom stereocenters. The molecule has 33 heavy (non-hydrogen) atoms. The van der Waals surface area contributed by atoms with Crippen molar-refractivity contribution in [1.29, 1.82) is 0 Å². The molecule has 0 unspecified atom stereocenters. The van der Waals surface area contributed by atoms with E-state index in [1.165, 1.54) is 36.8 Å². The van der Waals surface area contributed by atoms with Crippen molar-refractivity contribution < 1.29 is 9.90 Å². The molecule has 6 rings (SSSR count). The van der Waals surface area contributed by atoms with Gasteiger partial charge in [-0.2, -0.15) is 0 Å². The largest absolute Gasteiger partial charge is 0.390 e. The van der Waals surface area contributed by atoms with Crippen LogP contribution in [0.2, 0.25) is 0 Å². The Hall–Kier alpha value is -1.93. The molecule has 2 heteroatoms. The first-order valence-electron chi connectivity index (χ1n) is 13.1. The maximum Gasteiger partial charge on any atom is 0.146 e. The van der Waals surface area contributed by atoms with Crippen molar-refractivity contribution in [2.45, 2.75) is 77.2 Å². The number of allylic oxidation sites excluding steroid dienone is 6. The van der Waals surface area contributed by atoms with Gasteiger partial charge in [-0.3, -0.25) is 4.79 Å². The van der Waals surface area contributed by atoms with Crippen LogP contribution in [0.4, 0.5) is 0 Å². The number of carbonyl (C=O) groups excluding carboxylic acids is 1. The van der Waals surface area contributed by atoms with Gasteiger partial charge in [0.1, 0.15) is 6.29 Å². The minimum atomic E-state index is -0.520. The normalized spacial score (nSPS) is 46.1. The van der Waals surface area contributed by atoms with Gasteiger partial charge >= 0.3 is 0 Å². The summed E-state index contributed by atoms with van der Waals surface area (Å²) in [5.41, 5.74) is 5.00. The van der Waals surface area contributed by atoms with E-state index in [0.29, 0.717) is 23.7 Å². The van der Waals surface area contributed by atoms with E-state index in [1.807, 2.05) is 0 Å². The number of carbonyl (C=O) groups is 1. The van der Waals surface area contributed by atoms with Crippen LogP contribution in [0.3, 0.4) is 0 Å². The molecule has 174 valence electrons. The molecule has 1 aromatic carbocycles. The molecule has 3 saturated carbocycles. The van der Waals surface area contributed by atoms with E-state index in [1.54, 1.807) is 5.57 Å². The van der Waals surface area contributed by atoms with Crippen LogP contribution in [-0.4, -0.2) is 17.0 Å². The Kier molecular flexibility index (Phi) is 4.77. The lowest BCUT2D eigenvalue weighted by molar-refractivity contribution is -0.119. The second kappa shape index (κ2) is 7.28. The molecular formula is C31H38O2. The van der Waals surface area contributed by atoms with E-state index >= 15 is 0 Å². The fourth-order valence-electron chi connectivity index (χ4n) is 9.18. The first-order chi connectivity index (χ1) is 15.8. The van der Waals surface area contributed by atoms with Crippen LogP contribution in [0.1, 0.15) is 77.2 Å². The summed E-state index contributed by atoms with van der Waals surface area (Å²) in [4.78, 5) is 12.1. The van der Waals surface area contributed by atoms with Crippen molar-refractivity contribution in [3.63, 3.8) is 0 Å². The zero-order valence-corrected chi connectivity index (χ0v) is 20.4. The van der Waals surface area contributed by atoms with Crippen LogP contribution in [0.25, 0.3) is 0 Å². The SMILES string of the molecule is C[C@]12C[C@@H]3C(=CC=C(C=O)[C@H]3c3ccccc3)C=C1CC[C@@H]1[C@@H]2CC[C@@]2(C)[C@H]1CC[C@]2(C)O. The summed E-state index contributed by atoms with van der Waals surface area (Å²) in [6.45, 7) is 7.02. The minimum Gasteiger partial charge on any atom is -0.390 e. The fraction of sp³-hybridized carbons (Fsp3) is 0.581. The highest BCUT2D eigenvalue weighted by molar-refractivity contribution is 5.78. The maximum atomic E-state index is 12.1. The van der Waals surface area contributed by atoms with Crippen LogP contribution in [0.5, 0.6) is 0 Å². The third kappa shape index (κ3) is 2.92. The highest BCUT2D eigenvalue weighted by Gasteiger charge is 2.62. The smallest absolute Gasteiger partial charge is 0.146 e. The molecule has 0 radical (unpaired) electrons. The standard InChI is InChI=1S/C31H38O2/c1-29-18-25-21(9-10-22(19-32)28(25)20-7-5-4-6-8-20)17-23(29)11-12-24-26(29)13-15-30(2)27(24)14-16-31(30,3)33/h4-10,17,19,24-28,33H,11-16,18H2,1-3H3/t24-,25-,26+,27+,28-,29+,30+,31+/m1/s1. The Morgan fingerprint density at radius 1 is 0.970 bits per heavy atom. The summed E-state index contributed by atoms with van der Waals surface area (Å²) in [7, 11) is 0. The number of benzene rings is 1. The third-order valence-corrected chi connectivity index (χ3v) is 11.2. The van der Waals surface area contributed by atoms with Crippen LogP contribution in [0.15, 0.2) is 65.3 Å². The lowest BCUT2D eigenvalue weighted by Gasteiger charge is -2.60. The molecule has 0 heterocycles. The molecule has 5 aliphatic rings. The van der Waals surface area contributed by atoms with Crippen LogP contribution >= 0.6 is 0 Å². The van der Waals surface area contributed by atoms with Gasteiger partial charge in [-0.05, 0) is 103 Å². The number of hydrogen-bond acceptors (Lipinski definition) is 2. The van der Waals surface area contributed by atoms with Crippen molar-refractivity contribution in [3.05, 3.63) is 70.8 Å². The number of fused-ring (bicyclic) bond motifs is 6. The van der Waals surface area contributed by atoms with Gasteiger partial charge in [-0.15, -0.1) is 0 Å². The Balaban J connectivity index is 1.39. The van der Waals surface area contributed by atoms with Gasteiger partial charge < -0.3 is 5.11 Å². The molecule has 5 aliphatic carbocycles. The van der Waals surface area contributed by atoms with Crippen molar-refractivity contribution >= 4 is 6.29 Å². The van der Waals surface area contributed by atoms with Crippen molar-refractivity contribution in [2.75, 3.05) is 0 Å². The number of rotatable bonds is 2. The van der Waals surface area contributed by atoms with Crippen LogP contribution in [-0.2, 0) is 4.79 Å². The van der Waals surface area contributed by atoms with Crippen LogP contribution < -0.4 is 0 Å². The van der Waals surface area contributed by atoms with E-state index in [4.69, 9.17) is 0 Å². The van der Waals surface area contributed by atoms with Gasteiger partial charge in [0, 0.05) is 5.92 Å². The highest BCUT2D eigenvalue weighted by Crippen LogP contribution is 2.68. The highest BCUT2D eigenvalue weighted by atomic mass is 16.3.